The minimum absolute atomic E-state index is 0.00140. The third-order valence-electron chi connectivity index (χ3n) is 4.00. The lowest BCUT2D eigenvalue weighted by Crippen LogP contribution is -2.33. The van der Waals surface area contributed by atoms with E-state index in [-0.39, 0.29) is 18.6 Å². The first-order valence-electron chi connectivity index (χ1n) is 8.21. The number of nitrogens with one attached hydrogen (secondary N) is 1. The molecule has 1 amide bonds. The van der Waals surface area contributed by atoms with Crippen LogP contribution in [0.1, 0.15) is 27.6 Å². The maximum atomic E-state index is 12.4. The predicted molar refractivity (Wildman–Crippen MR) is 102 cm³/mol. The number of hydrogen-bond donors (Lipinski definition) is 1. The van der Waals surface area contributed by atoms with Crippen LogP contribution in [0.4, 0.5) is 0 Å². The molecule has 3 nitrogen and oxygen atoms in total. The Kier molecular flexibility index (Phi) is 5.51. The van der Waals surface area contributed by atoms with Crippen molar-refractivity contribution in [2.24, 2.45) is 0 Å². The summed E-state index contributed by atoms with van der Waals surface area (Å²) in [5, 5.41) is 5.11. The van der Waals surface area contributed by atoms with Crippen LogP contribution >= 0.6 is 11.3 Å². The number of aryl methyl sites for hydroxylation is 2. The zero-order chi connectivity index (χ0) is 17.6. The predicted octanol–water partition coefficient (Wildman–Crippen LogP) is 4.65. The van der Waals surface area contributed by atoms with E-state index < -0.39 is 0 Å². The summed E-state index contributed by atoms with van der Waals surface area (Å²) in [5.41, 5.74) is 3.28. The first-order valence-corrected chi connectivity index (χ1v) is 9.09. The molecule has 128 valence electrons. The Hall–Kier alpha value is -2.59. The van der Waals surface area contributed by atoms with E-state index in [0.717, 1.165) is 21.8 Å². The summed E-state index contributed by atoms with van der Waals surface area (Å²) in [5.74, 6) is 0.600. The molecule has 1 heterocycles. The summed E-state index contributed by atoms with van der Waals surface area (Å²) in [7, 11) is 0. The Balaban J connectivity index is 1.71. The molecule has 0 fully saturated rings. The Morgan fingerprint density at radius 3 is 2.48 bits per heavy atom. The van der Waals surface area contributed by atoms with Crippen molar-refractivity contribution in [2.75, 3.05) is 6.61 Å². The van der Waals surface area contributed by atoms with E-state index in [1.54, 1.807) is 11.3 Å². The minimum atomic E-state index is -0.159. The number of ether oxygens (including phenoxy) is 1. The van der Waals surface area contributed by atoms with E-state index in [9.17, 15) is 4.79 Å². The Morgan fingerprint density at radius 2 is 1.80 bits per heavy atom. The molecular weight excluding hydrogens is 330 g/mol. The van der Waals surface area contributed by atoms with Crippen LogP contribution in [-0.2, 0) is 4.79 Å². The van der Waals surface area contributed by atoms with E-state index in [0.29, 0.717) is 0 Å². The topological polar surface area (TPSA) is 38.3 Å². The van der Waals surface area contributed by atoms with E-state index in [1.165, 1.54) is 5.56 Å². The van der Waals surface area contributed by atoms with Gasteiger partial charge in [0.05, 0.1) is 6.04 Å². The third kappa shape index (κ3) is 4.48. The lowest BCUT2D eigenvalue weighted by Gasteiger charge is -2.19. The van der Waals surface area contributed by atoms with Crippen LogP contribution in [0, 0.1) is 13.8 Å². The molecule has 0 unspecified atom stereocenters. The number of carbonyl (C=O) groups excluding carboxylic acids is 1. The molecule has 1 aromatic heterocycles. The van der Waals surface area contributed by atoms with Gasteiger partial charge in [-0.1, -0.05) is 54.1 Å². The second kappa shape index (κ2) is 7.99. The van der Waals surface area contributed by atoms with Gasteiger partial charge in [0.15, 0.2) is 6.61 Å². The highest BCUT2D eigenvalue weighted by Gasteiger charge is 2.18. The molecule has 3 rings (SSSR count). The highest BCUT2D eigenvalue weighted by molar-refractivity contribution is 7.10. The van der Waals surface area contributed by atoms with Crippen molar-refractivity contribution in [3.05, 3.63) is 87.6 Å². The first-order chi connectivity index (χ1) is 12.1. The summed E-state index contributed by atoms with van der Waals surface area (Å²) in [6, 6.07) is 19.8. The number of amides is 1. The van der Waals surface area contributed by atoms with Crippen molar-refractivity contribution in [1.82, 2.24) is 5.32 Å². The SMILES string of the molecule is Cc1ccc([C@@H](NC(=O)COc2ccccc2C)c2cccs2)cc1. The van der Waals surface area contributed by atoms with Crippen molar-refractivity contribution < 1.29 is 9.53 Å². The van der Waals surface area contributed by atoms with Crippen LogP contribution < -0.4 is 10.1 Å². The van der Waals surface area contributed by atoms with Crippen LogP contribution in [0.3, 0.4) is 0 Å². The van der Waals surface area contributed by atoms with E-state index in [4.69, 9.17) is 4.74 Å². The number of para-hydroxylation sites is 1. The number of hydrogen-bond acceptors (Lipinski definition) is 3. The van der Waals surface area contributed by atoms with Crippen molar-refractivity contribution in [3.63, 3.8) is 0 Å². The largest absolute Gasteiger partial charge is 0.484 e. The maximum Gasteiger partial charge on any atom is 0.258 e. The summed E-state index contributed by atoms with van der Waals surface area (Å²) in [6.07, 6.45) is 0. The quantitative estimate of drug-likeness (QED) is 0.702. The molecular formula is C21H21NO2S. The van der Waals surface area contributed by atoms with Gasteiger partial charge in [-0.3, -0.25) is 4.79 Å². The van der Waals surface area contributed by atoms with Crippen molar-refractivity contribution in [2.45, 2.75) is 19.9 Å². The fourth-order valence-electron chi connectivity index (χ4n) is 2.60. The zero-order valence-electron chi connectivity index (χ0n) is 14.4. The summed E-state index contributed by atoms with van der Waals surface area (Å²) in [4.78, 5) is 13.5. The molecule has 0 spiro atoms. The van der Waals surface area contributed by atoms with Crippen LogP contribution in [-0.4, -0.2) is 12.5 Å². The Bertz CT molecular complexity index is 825. The van der Waals surface area contributed by atoms with Gasteiger partial charge in [0.1, 0.15) is 5.75 Å². The van der Waals surface area contributed by atoms with Crippen LogP contribution in [0.15, 0.2) is 66.0 Å². The highest BCUT2D eigenvalue weighted by atomic mass is 32.1. The van der Waals surface area contributed by atoms with Crippen LogP contribution in [0.25, 0.3) is 0 Å². The zero-order valence-corrected chi connectivity index (χ0v) is 15.2. The standard InChI is InChI=1S/C21H21NO2S/c1-15-9-11-17(12-10-15)21(19-8-5-13-25-19)22-20(23)14-24-18-7-4-3-6-16(18)2/h3-13,21H,14H2,1-2H3,(H,22,23)/t21-/m1/s1. The molecule has 3 aromatic rings. The maximum absolute atomic E-state index is 12.4. The first kappa shape index (κ1) is 17.2. The highest BCUT2D eigenvalue weighted by Crippen LogP contribution is 2.26. The monoisotopic (exact) mass is 351 g/mol. The molecule has 0 saturated heterocycles. The molecule has 4 heteroatoms. The average molecular weight is 351 g/mol. The lowest BCUT2D eigenvalue weighted by atomic mass is 10.0. The van der Waals surface area contributed by atoms with Crippen molar-refractivity contribution in [1.29, 1.82) is 0 Å². The minimum Gasteiger partial charge on any atom is -0.484 e. The average Bonchev–Trinajstić information content (AvgIpc) is 3.14. The van der Waals surface area contributed by atoms with E-state index in [1.807, 2.05) is 48.7 Å². The molecule has 25 heavy (non-hydrogen) atoms. The molecule has 0 aliphatic heterocycles. The van der Waals surface area contributed by atoms with Gasteiger partial charge < -0.3 is 10.1 Å². The molecule has 0 radical (unpaired) electrons. The van der Waals surface area contributed by atoms with Gasteiger partial charge in [0.2, 0.25) is 0 Å². The number of rotatable bonds is 6. The number of thiophene rings is 1. The smallest absolute Gasteiger partial charge is 0.258 e. The van der Waals surface area contributed by atoms with Gasteiger partial charge >= 0.3 is 0 Å². The third-order valence-corrected chi connectivity index (χ3v) is 4.93. The molecule has 2 aromatic carbocycles. The van der Waals surface area contributed by atoms with Gasteiger partial charge in [0.25, 0.3) is 5.91 Å². The normalized spacial score (nSPS) is 11.8. The van der Waals surface area contributed by atoms with Crippen LogP contribution in [0.2, 0.25) is 0 Å². The summed E-state index contributed by atoms with van der Waals surface area (Å²) < 4.78 is 5.66. The number of carbonyl (C=O) groups is 1. The fourth-order valence-corrected chi connectivity index (χ4v) is 3.40. The van der Waals surface area contributed by atoms with Gasteiger partial charge in [-0.15, -0.1) is 11.3 Å². The van der Waals surface area contributed by atoms with Crippen molar-refractivity contribution in [3.8, 4) is 5.75 Å². The molecule has 0 aliphatic carbocycles. The second-order valence-electron chi connectivity index (χ2n) is 5.98. The summed E-state index contributed by atoms with van der Waals surface area (Å²) >= 11 is 1.63. The van der Waals surface area contributed by atoms with Gasteiger partial charge in [-0.25, -0.2) is 0 Å². The Labute approximate surface area is 152 Å². The van der Waals surface area contributed by atoms with E-state index >= 15 is 0 Å². The lowest BCUT2D eigenvalue weighted by molar-refractivity contribution is -0.123. The second-order valence-corrected chi connectivity index (χ2v) is 6.96. The molecule has 1 atom stereocenters. The number of benzene rings is 2. The summed E-state index contributed by atoms with van der Waals surface area (Å²) in [6.45, 7) is 4.02. The van der Waals surface area contributed by atoms with E-state index in [2.05, 4.69) is 36.5 Å². The van der Waals surface area contributed by atoms with Gasteiger partial charge in [-0.2, -0.15) is 0 Å². The molecule has 1 N–H and O–H groups in total. The molecule has 0 bridgehead atoms. The fraction of sp³-hybridized carbons (Fsp3) is 0.190. The van der Waals surface area contributed by atoms with Gasteiger partial charge in [-0.05, 0) is 42.5 Å². The Morgan fingerprint density at radius 1 is 1.04 bits per heavy atom. The molecule has 0 aliphatic rings. The van der Waals surface area contributed by atoms with Gasteiger partial charge in [0, 0.05) is 4.88 Å². The van der Waals surface area contributed by atoms with Crippen LogP contribution in [0.5, 0.6) is 5.75 Å². The van der Waals surface area contributed by atoms with Crippen molar-refractivity contribution >= 4 is 17.2 Å². The molecule has 0 saturated carbocycles.